The molecule has 1 aromatic heterocycles. The Labute approximate surface area is 123 Å². The largest absolute Gasteiger partial charge is 0.382 e. The van der Waals surface area contributed by atoms with Gasteiger partial charge in [0, 0.05) is 31.4 Å². The molecule has 2 aliphatic heterocycles. The molecule has 2 N–H and O–H groups in total. The molecule has 3 rings (SSSR count). The molecule has 0 radical (unpaired) electrons. The summed E-state index contributed by atoms with van der Waals surface area (Å²) < 4.78 is 27.9. The number of aromatic nitrogens is 1. The van der Waals surface area contributed by atoms with E-state index >= 15 is 0 Å². The van der Waals surface area contributed by atoms with Crippen LogP contribution >= 0.6 is 11.5 Å². The second-order valence-electron chi connectivity index (χ2n) is 5.76. The molecule has 2 saturated heterocycles. The molecule has 0 spiro atoms. The highest BCUT2D eigenvalue weighted by molar-refractivity contribution is 7.91. The molecule has 1 aromatic rings. The van der Waals surface area contributed by atoms with Crippen molar-refractivity contribution >= 4 is 32.2 Å². The van der Waals surface area contributed by atoms with Gasteiger partial charge < -0.3 is 10.6 Å². The van der Waals surface area contributed by atoms with Crippen molar-refractivity contribution in [1.82, 2.24) is 9.27 Å². The molecule has 2 atom stereocenters. The Bertz CT molecular complexity index is 613. The molecule has 2 unspecified atom stereocenters. The predicted octanol–water partition coefficient (Wildman–Crippen LogP) is 0.802. The monoisotopic (exact) mass is 316 g/mol. The highest BCUT2D eigenvalue weighted by Crippen LogP contribution is 2.38. The second-order valence-corrected chi connectivity index (χ2v) is 8.46. The fraction of sp³-hybridized carbons (Fsp3) is 0.750. The lowest BCUT2D eigenvalue weighted by atomic mass is 10.1. The SMILES string of the molecule is CN1C2CCC1CN(c1snc(N)c1S(C)(=O)=O)CC2. The van der Waals surface area contributed by atoms with Gasteiger partial charge in [-0.3, -0.25) is 4.90 Å². The lowest BCUT2D eigenvalue weighted by molar-refractivity contribution is 0.254. The summed E-state index contributed by atoms with van der Waals surface area (Å²) in [4.78, 5) is 4.80. The fourth-order valence-electron chi connectivity index (χ4n) is 3.33. The van der Waals surface area contributed by atoms with Crippen molar-refractivity contribution in [2.45, 2.75) is 36.2 Å². The zero-order valence-corrected chi connectivity index (χ0v) is 13.4. The summed E-state index contributed by atoms with van der Waals surface area (Å²) in [6, 6.07) is 1.12. The van der Waals surface area contributed by atoms with Crippen molar-refractivity contribution in [3.63, 3.8) is 0 Å². The first-order valence-electron chi connectivity index (χ1n) is 6.80. The van der Waals surface area contributed by atoms with Gasteiger partial charge in [-0.1, -0.05) is 0 Å². The number of anilines is 2. The first kappa shape index (κ1) is 14.1. The molecule has 6 nitrogen and oxygen atoms in total. The van der Waals surface area contributed by atoms with Gasteiger partial charge in [-0.15, -0.1) is 0 Å². The number of hydrogen-bond donors (Lipinski definition) is 1. The van der Waals surface area contributed by atoms with Gasteiger partial charge in [0.25, 0.3) is 0 Å². The minimum Gasteiger partial charge on any atom is -0.382 e. The van der Waals surface area contributed by atoms with Gasteiger partial charge in [0.15, 0.2) is 15.7 Å². The molecule has 8 heteroatoms. The van der Waals surface area contributed by atoms with E-state index in [9.17, 15) is 8.42 Å². The van der Waals surface area contributed by atoms with Crippen LogP contribution in [-0.2, 0) is 9.84 Å². The van der Waals surface area contributed by atoms with Gasteiger partial charge in [-0.25, -0.2) is 8.42 Å². The first-order valence-corrected chi connectivity index (χ1v) is 9.46. The number of hydrogen-bond acceptors (Lipinski definition) is 7. The third kappa shape index (κ3) is 2.29. The van der Waals surface area contributed by atoms with Crippen LogP contribution in [0.25, 0.3) is 0 Å². The lowest BCUT2D eigenvalue weighted by Crippen LogP contribution is -2.36. The lowest BCUT2D eigenvalue weighted by Gasteiger charge is -2.26. The Morgan fingerprint density at radius 3 is 2.70 bits per heavy atom. The van der Waals surface area contributed by atoms with Crippen molar-refractivity contribution in [2.24, 2.45) is 0 Å². The fourth-order valence-corrected chi connectivity index (χ4v) is 5.57. The van der Waals surface area contributed by atoms with E-state index in [-0.39, 0.29) is 10.7 Å². The van der Waals surface area contributed by atoms with E-state index in [1.165, 1.54) is 30.6 Å². The normalized spacial score (nSPS) is 27.8. The van der Waals surface area contributed by atoms with Crippen molar-refractivity contribution in [1.29, 1.82) is 0 Å². The molecular weight excluding hydrogens is 296 g/mol. The topological polar surface area (TPSA) is 79.5 Å². The Hall–Kier alpha value is -0.860. The molecular formula is C12H20N4O2S2. The van der Waals surface area contributed by atoms with Gasteiger partial charge in [0.05, 0.1) is 0 Å². The summed E-state index contributed by atoms with van der Waals surface area (Å²) in [7, 11) is -1.17. The highest BCUT2D eigenvalue weighted by Gasteiger charge is 2.36. The molecule has 0 amide bonds. The number of nitrogens with zero attached hydrogens (tertiary/aromatic N) is 3. The zero-order chi connectivity index (χ0) is 14.5. The van der Waals surface area contributed by atoms with Crippen LogP contribution in [-0.4, -0.2) is 56.2 Å². The smallest absolute Gasteiger partial charge is 0.182 e. The van der Waals surface area contributed by atoms with Gasteiger partial charge in [0.2, 0.25) is 0 Å². The average Bonchev–Trinajstić information content (AvgIpc) is 2.81. The van der Waals surface area contributed by atoms with Crippen LogP contribution in [0.4, 0.5) is 10.8 Å². The Kier molecular flexibility index (Phi) is 3.42. The van der Waals surface area contributed by atoms with Gasteiger partial charge >= 0.3 is 0 Å². The summed E-state index contributed by atoms with van der Waals surface area (Å²) in [5.74, 6) is 0.135. The summed E-state index contributed by atoms with van der Waals surface area (Å²) in [6.45, 7) is 1.73. The van der Waals surface area contributed by atoms with Crippen LogP contribution in [0, 0.1) is 0 Å². The third-order valence-corrected chi connectivity index (χ3v) is 6.66. The Balaban J connectivity index is 1.95. The summed E-state index contributed by atoms with van der Waals surface area (Å²) in [5, 5.41) is 0.714. The van der Waals surface area contributed by atoms with Gasteiger partial charge in [-0.05, 0) is 37.8 Å². The van der Waals surface area contributed by atoms with Crippen LogP contribution in [0.5, 0.6) is 0 Å². The summed E-state index contributed by atoms with van der Waals surface area (Å²) in [6.07, 6.45) is 4.69. The molecule has 0 aromatic carbocycles. The number of likely N-dealkylation sites (N-methyl/N-ethyl adjacent to an activating group) is 1. The summed E-state index contributed by atoms with van der Waals surface area (Å²) >= 11 is 1.20. The maximum absolute atomic E-state index is 11.9. The number of fused-ring (bicyclic) bond motifs is 2. The molecule has 2 aliphatic rings. The van der Waals surface area contributed by atoms with E-state index in [2.05, 4.69) is 21.2 Å². The molecule has 20 heavy (non-hydrogen) atoms. The number of sulfone groups is 1. The van der Waals surface area contributed by atoms with Crippen molar-refractivity contribution in [2.75, 3.05) is 37.0 Å². The first-order chi connectivity index (χ1) is 9.38. The predicted molar refractivity (Wildman–Crippen MR) is 81.0 cm³/mol. The molecule has 2 fully saturated rings. The standard InChI is InChI=1S/C12H20N4O2S2/c1-15-8-3-4-9(15)7-16(6-5-8)12-10(20(2,17)18)11(13)14-19-12/h8-9H,3-7H2,1-2H3,(H2,13,14). The summed E-state index contributed by atoms with van der Waals surface area (Å²) in [5.41, 5.74) is 5.76. The van der Waals surface area contributed by atoms with Crippen molar-refractivity contribution in [3.05, 3.63) is 0 Å². The van der Waals surface area contributed by atoms with Crippen LogP contribution in [0.2, 0.25) is 0 Å². The number of nitrogen functional groups attached to an aromatic ring is 1. The van der Waals surface area contributed by atoms with Crippen molar-refractivity contribution < 1.29 is 8.42 Å². The van der Waals surface area contributed by atoms with Crippen LogP contribution in [0.15, 0.2) is 4.90 Å². The Morgan fingerprint density at radius 2 is 2.00 bits per heavy atom. The van der Waals surface area contributed by atoms with E-state index in [0.29, 0.717) is 17.1 Å². The number of nitrogens with two attached hydrogens (primary N) is 1. The average molecular weight is 316 g/mol. The zero-order valence-electron chi connectivity index (χ0n) is 11.7. The van der Waals surface area contributed by atoms with Gasteiger partial charge in [-0.2, -0.15) is 4.37 Å². The maximum atomic E-state index is 11.9. The second kappa shape index (κ2) is 4.85. The van der Waals surface area contributed by atoms with E-state index in [1.807, 2.05) is 0 Å². The van der Waals surface area contributed by atoms with Crippen LogP contribution in [0.3, 0.4) is 0 Å². The molecule has 0 aliphatic carbocycles. The Morgan fingerprint density at radius 1 is 1.30 bits per heavy atom. The maximum Gasteiger partial charge on any atom is 0.182 e. The van der Waals surface area contributed by atoms with Crippen molar-refractivity contribution in [3.8, 4) is 0 Å². The van der Waals surface area contributed by atoms with E-state index in [0.717, 1.165) is 19.5 Å². The molecule has 0 saturated carbocycles. The minimum atomic E-state index is -3.34. The van der Waals surface area contributed by atoms with Crippen LogP contribution < -0.4 is 10.6 Å². The van der Waals surface area contributed by atoms with Gasteiger partial charge in [0.1, 0.15) is 9.90 Å². The van der Waals surface area contributed by atoms with E-state index in [4.69, 9.17) is 5.73 Å². The molecule has 2 bridgehead atoms. The van der Waals surface area contributed by atoms with E-state index < -0.39 is 9.84 Å². The molecule has 3 heterocycles. The van der Waals surface area contributed by atoms with Crippen LogP contribution in [0.1, 0.15) is 19.3 Å². The minimum absolute atomic E-state index is 0.135. The third-order valence-electron chi connectivity index (χ3n) is 4.46. The quantitative estimate of drug-likeness (QED) is 0.869. The highest BCUT2D eigenvalue weighted by atomic mass is 32.2. The molecule has 112 valence electrons. The van der Waals surface area contributed by atoms with E-state index in [1.54, 1.807) is 0 Å². The number of rotatable bonds is 2.